The summed E-state index contributed by atoms with van der Waals surface area (Å²) in [4.78, 5) is 0. The summed E-state index contributed by atoms with van der Waals surface area (Å²) in [6.45, 7) is 2.30. The van der Waals surface area contributed by atoms with E-state index in [1.54, 1.807) is 0 Å². The van der Waals surface area contributed by atoms with Crippen LogP contribution < -0.4 is 0 Å². The summed E-state index contributed by atoms with van der Waals surface area (Å²) in [7, 11) is 0. The first-order valence-corrected chi connectivity index (χ1v) is 9.03. The molecule has 0 spiro atoms. The van der Waals surface area contributed by atoms with Crippen LogP contribution in [-0.2, 0) is 0 Å². The maximum Gasteiger partial charge on any atom is 0.00895 e. The molecule has 0 aliphatic rings. The molecule has 24 heavy (non-hydrogen) atoms. The highest BCUT2D eigenvalue weighted by Crippen LogP contribution is 2.34. The van der Waals surface area contributed by atoms with Gasteiger partial charge in [-0.2, -0.15) is 0 Å². The van der Waals surface area contributed by atoms with E-state index in [2.05, 4.69) is 97.9 Å². The summed E-state index contributed by atoms with van der Waals surface area (Å²) in [6.07, 6.45) is 3.59. The van der Waals surface area contributed by atoms with Gasteiger partial charge in [-0.1, -0.05) is 97.9 Å². The first-order chi connectivity index (χ1) is 11.9. The Morgan fingerprint density at radius 1 is 0.542 bits per heavy atom. The predicted octanol–water partition coefficient (Wildman–Crippen LogP) is 6.79. The van der Waals surface area contributed by atoms with Crippen molar-refractivity contribution < 1.29 is 0 Å². The van der Waals surface area contributed by atoms with Crippen LogP contribution in [0.1, 0.15) is 54.7 Å². The summed E-state index contributed by atoms with van der Waals surface area (Å²) >= 11 is 0. The van der Waals surface area contributed by atoms with Crippen molar-refractivity contribution in [1.29, 1.82) is 0 Å². The maximum absolute atomic E-state index is 2.30. The lowest BCUT2D eigenvalue weighted by Crippen LogP contribution is -2.05. The van der Waals surface area contributed by atoms with E-state index in [1.165, 1.54) is 36.0 Å². The highest BCUT2D eigenvalue weighted by Gasteiger charge is 2.17. The Bertz CT molecular complexity index is 661. The monoisotopic (exact) mass is 314 g/mol. The first kappa shape index (κ1) is 16.5. The molecule has 0 heteroatoms. The van der Waals surface area contributed by atoms with E-state index in [4.69, 9.17) is 0 Å². The minimum absolute atomic E-state index is 0.477. The van der Waals surface area contributed by atoms with Crippen LogP contribution in [0.15, 0.2) is 91.0 Å². The Hall–Kier alpha value is -2.34. The molecule has 0 bridgehead atoms. The van der Waals surface area contributed by atoms with Gasteiger partial charge in [-0.3, -0.25) is 0 Å². The first-order valence-electron chi connectivity index (χ1n) is 9.03. The third kappa shape index (κ3) is 4.14. The second-order valence-corrected chi connectivity index (χ2v) is 6.47. The third-order valence-electron chi connectivity index (χ3n) is 4.97. The standard InChI is InChI=1S/C24H26/c1-2-20(21-12-6-3-7-13-21)18-19-24(22-14-8-4-9-15-22)23-16-10-5-11-17-23/h3-17,20,24H,2,18-19H2,1H3. The molecule has 1 unspecified atom stereocenters. The minimum Gasteiger partial charge on any atom is -0.0648 e. The lowest BCUT2D eigenvalue weighted by Gasteiger charge is -2.22. The normalized spacial score (nSPS) is 12.2. The van der Waals surface area contributed by atoms with Crippen LogP contribution in [0.5, 0.6) is 0 Å². The average molecular weight is 314 g/mol. The van der Waals surface area contributed by atoms with E-state index in [1.807, 2.05) is 0 Å². The molecule has 0 N–H and O–H groups in total. The van der Waals surface area contributed by atoms with E-state index >= 15 is 0 Å². The van der Waals surface area contributed by atoms with Crippen molar-refractivity contribution in [3.63, 3.8) is 0 Å². The Kier molecular flexibility index (Phi) is 5.85. The topological polar surface area (TPSA) is 0 Å². The molecule has 0 saturated heterocycles. The van der Waals surface area contributed by atoms with Gasteiger partial charge in [-0.05, 0) is 41.9 Å². The molecule has 0 heterocycles. The Balaban J connectivity index is 1.80. The lowest BCUT2D eigenvalue weighted by atomic mass is 9.83. The fourth-order valence-corrected chi connectivity index (χ4v) is 3.60. The molecule has 0 fully saturated rings. The average Bonchev–Trinajstić information content (AvgIpc) is 2.67. The number of rotatable bonds is 7. The van der Waals surface area contributed by atoms with Crippen molar-refractivity contribution >= 4 is 0 Å². The molecule has 0 radical (unpaired) electrons. The summed E-state index contributed by atoms with van der Waals surface area (Å²) in [5.74, 6) is 1.12. The molecule has 1 atom stereocenters. The quantitative estimate of drug-likeness (QED) is 0.450. The van der Waals surface area contributed by atoms with Gasteiger partial charge < -0.3 is 0 Å². The van der Waals surface area contributed by atoms with Crippen LogP contribution in [-0.4, -0.2) is 0 Å². The van der Waals surface area contributed by atoms with Crippen molar-refractivity contribution in [2.45, 2.75) is 38.0 Å². The third-order valence-corrected chi connectivity index (χ3v) is 4.97. The largest absolute Gasteiger partial charge is 0.0648 e. The molecule has 0 aliphatic heterocycles. The smallest absolute Gasteiger partial charge is 0.00895 e. The van der Waals surface area contributed by atoms with Gasteiger partial charge in [0.2, 0.25) is 0 Å². The maximum atomic E-state index is 2.30. The van der Waals surface area contributed by atoms with Crippen LogP contribution in [0, 0.1) is 0 Å². The van der Waals surface area contributed by atoms with Gasteiger partial charge in [0.15, 0.2) is 0 Å². The molecule has 0 aliphatic carbocycles. The van der Waals surface area contributed by atoms with Crippen LogP contribution in [0.4, 0.5) is 0 Å². The molecule has 3 aromatic carbocycles. The van der Waals surface area contributed by atoms with Crippen molar-refractivity contribution in [1.82, 2.24) is 0 Å². The van der Waals surface area contributed by atoms with Gasteiger partial charge in [-0.25, -0.2) is 0 Å². The number of hydrogen-bond acceptors (Lipinski definition) is 0. The summed E-state index contributed by atoms with van der Waals surface area (Å²) in [5, 5.41) is 0. The SMILES string of the molecule is CCC(CCC(c1ccccc1)c1ccccc1)c1ccccc1. The van der Waals surface area contributed by atoms with Crippen molar-refractivity contribution in [3.05, 3.63) is 108 Å². The highest BCUT2D eigenvalue weighted by molar-refractivity contribution is 5.32. The second-order valence-electron chi connectivity index (χ2n) is 6.47. The zero-order valence-corrected chi connectivity index (χ0v) is 14.4. The Morgan fingerprint density at radius 2 is 0.958 bits per heavy atom. The summed E-state index contributed by atoms with van der Waals surface area (Å²) in [5.41, 5.74) is 4.32. The Labute approximate surface area is 146 Å². The lowest BCUT2D eigenvalue weighted by molar-refractivity contribution is 0.548. The molecule has 3 aromatic rings. The molecular weight excluding hydrogens is 288 g/mol. The van der Waals surface area contributed by atoms with Crippen LogP contribution in [0.25, 0.3) is 0 Å². The second kappa shape index (κ2) is 8.49. The number of hydrogen-bond donors (Lipinski definition) is 0. The van der Waals surface area contributed by atoms with Crippen molar-refractivity contribution in [2.24, 2.45) is 0 Å². The van der Waals surface area contributed by atoms with E-state index < -0.39 is 0 Å². The zero-order valence-electron chi connectivity index (χ0n) is 14.4. The van der Waals surface area contributed by atoms with Gasteiger partial charge in [-0.15, -0.1) is 0 Å². The minimum atomic E-state index is 0.477. The van der Waals surface area contributed by atoms with E-state index in [-0.39, 0.29) is 0 Å². The van der Waals surface area contributed by atoms with E-state index in [0.29, 0.717) is 11.8 Å². The van der Waals surface area contributed by atoms with Gasteiger partial charge in [0.05, 0.1) is 0 Å². The fourth-order valence-electron chi connectivity index (χ4n) is 3.60. The van der Waals surface area contributed by atoms with E-state index in [0.717, 1.165) is 0 Å². The zero-order chi connectivity index (χ0) is 16.6. The number of benzene rings is 3. The van der Waals surface area contributed by atoms with Crippen LogP contribution in [0.2, 0.25) is 0 Å². The van der Waals surface area contributed by atoms with Gasteiger partial charge >= 0.3 is 0 Å². The van der Waals surface area contributed by atoms with Crippen molar-refractivity contribution in [3.8, 4) is 0 Å². The molecule has 0 nitrogen and oxygen atoms in total. The molecular formula is C24H26. The summed E-state index contributed by atoms with van der Waals surface area (Å²) < 4.78 is 0. The molecule has 0 aromatic heterocycles. The highest BCUT2D eigenvalue weighted by atomic mass is 14.2. The van der Waals surface area contributed by atoms with Crippen molar-refractivity contribution in [2.75, 3.05) is 0 Å². The van der Waals surface area contributed by atoms with E-state index in [9.17, 15) is 0 Å². The fraction of sp³-hybridized carbons (Fsp3) is 0.250. The van der Waals surface area contributed by atoms with Gasteiger partial charge in [0, 0.05) is 5.92 Å². The predicted molar refractivity (Wildman–Crippen MR) is 103 cm³/mol. The van der Waals surface area contributed by atoms with Crippen LogP contribution >= 0.6 is 0 Å². The molecule has 0 saturated carbocycles. The van der Waals surface area contributed by atoms with Gasteiger partial charge in [0.1, 0.15) is 0 Å². The molecule has 122 valence electrons. The molecule has 3 rings (SSSR count). The Morgan fingerprint density at radius 3 is 1.38 bits per heavy atom. The summed E-state index contributed by atoms with van der Waals surface area (Å²) in [6, 6.07) is 32.8. The molecule has 0 amide bonds. The van der Waals surface area contributed by atoms with Crippen LogP contribution in [0.3, 0.4) is 0 Å². The van der Waals surface area contributed by atoms with Gasteiger partial charge in [0.25, 0.3) is 0 Å².